The lowest BCUT2D eigenvalue weighted by Gasteiger charge is -2.20. The molecule has 20 heavy (non-hydrogen) atoms. The first-order valence-corrected chi connectivity index (χ1v) is 7.07. The van der Waals surface area contributed by atoms with Gasteiger partial charge in [-0.15, -0.1) is 0 Å². The van der Waals surface area contributed by atoms with Gasteiger partial charge in [0.25, 0.3) is 0 Å². The molecular weight excluding hydrogens is 252 g/mol. The standard InChI is InChI=1S/C16H26N2O2/c1-6-14(19)9-18(5)10-15(20)17-16-12(3)7-11(2)8-13(16)4/h7-8,14,19H,6,9-10H2,1-5H3,(H,17,20)/t14-/m1/s1. The number of benzene rings is 1. The second-order valence-electron chi connectivity index (χ2n) is 5.58. The third-order valence-corrected chi connectivity index (χ3v) is 3.35. The lowest BCUT2D eigenvalue weighted by atomic mass is 10.1. The smallest absolute Gasteiger partial charge is 0.238 e. The molecule has 0 aromatic heterocycles. The molecule has 4 heteroatoms. The third kappa shape index (κ3) is 4.94. The minimum Gasteiger partial charge on any atom is -0.392 e. The molecule has 0 unspecified atom stereocenters. The number of aryl methyl sites for hydroxylation is 3. The fraction of sp³-hybridized carbons (Fsp3) is 0.562. The van der Waals surface area contributed by atoms with Crippen molar-refractivity contribution in [3.8, 4) is 0 Å². The number of anilines is 1. The number of nitrogens with one attached hydrogen (secondary N) is 1. The number of carbonyl (C=O) groups excluding carboxylic acids is 1. The molecule has 0 bridgehead atoms. The van der Waals surface area contributed by atoms with Crippen molar-refractivity contribution in [1.82, 2.24) is 4.90 Å². The highest BCUT2D eigenvalue weighted by Crippen LogP contribution is 2.21. The van der Waals surface area contributed by atoms with Gasteiger partial charge in [0, 0.05) is 12.2 Å². The molecule has 0 heterocycles. The zero-order valence-electron chi connectivity index (χ0n) is 13.2. The Kier molecular flexibility index (Phi) is 6.17. The van der Waals surface area contributed by atoms with Crippen LogP contribution in [0.3, 0.4) is 0 Å². The first-order chi connectivity index (χ1) is 9.33. The molecule has 0 spiro atoms. The van der Waals surface area contributed by atoms with Crippen LogP contribution in [0.1, 0.15) is 30.0 Å². The predicted molar refractivity (Wildman–Crippen MR) is 83.1 cm³/mol. The van der Waals surface area contributed by atoms with Gasteiger partial charge in [0.2, 0.25) is 5.91 Å². The number of hydrogen-bond acceptors (Lipinski definition) is 3. The molecule has 0 fully saturated rings. The van der Waals surface area contributed by atoms with E-state index >= 15 is 0 Å². The van der Waals surface area contributed by atoms with E-state index in [0.29, 0.717) is 13.0 Å². The molecule has 0 radical (unpaired) electrons. The summed E-state index contributed by atoms with van der Waals surface area (Å²) in [5, 5.41) is 12.5. The van der Waals surface area contributed by atoms with Crippen molar-refractivity contribution >= 4 is 11.6 Å². The van der Waals surface area contributed by atoms with Crippen LogP contribution >= 0.6 is 0 Å². The van der Waals surface area contributed by atoms with Crippen LogP contribution in [0, 0.1) is 20.8 Å². The number of amides is 1. The highest BCUT2D eigenvalue weighted by Gasteiger charge is 2.12. The van der Waals surface area contributed by atoms with Crippen molar-refractivity contribution in [3.05, 3.63) is 28.8 Å². The summed E-state index contributed by atoms with van der Waals surface area (Å²) in [5.74, 6) is -0.0501. The average Bonchev–Trinajstić information content (AvgIpc) is 2.33. The van der Waals surface area contributed by atoms with Crippen LogP contribution in [0.2, 0.25) is 0 Å². The van der Waals surface area contributed by atoms with E-state index in [4.69, 9.17) is 0 Å². The fourth-order valence-corrected chi connectivity index (χ4v) is 2.35. The normalized spacial score (nSPS) is 12.6. The van der Waals surface area contributed by atoms with Crippen LogP contribution in [-0.2, 0) is 4.79 Å². The van der Waals surface area contributed by atoms with Gasteiger partial charge in [-0.1, -0.05) is 24.6 Å². The van der Waals surface area contributed by atoms with Crippen LogP contribution in [0.15, 0.2) is 12.1 Å². The molecule has 2 N–H and O–H groups in total. The zero-order valence-corrected chi connectivity index (χ0v) is 13.2. The van der Waals surface area contributed by atoms with E-state index in [-0.39, 0.29) is 18.6 Å². The maximum Gasteiger partial charge on any atom is 0.238 e. The van der Waals surface area contributed by atoms with Gasteiger partial charge in [-0.05, 0) is 45.4 Å². The molecule has 1 aromatic carbocycles. The van der Waals surface area contributed by atoms with Gasteiger partial charge in [0.1, 0.15) is 0 Å². The molecule has 0 saturated carbocycles. The number of likely N-dealkylation sites (N-methyl/N-ethyl adjacent to an activating group) is 1. The van der Waals surface area contributed by atoms with Crippen molar-refractivity contribution in [2.45, 2.75) is 40.2 Å². The van der Waals surface area contributed by atoms with Gasteiger partial charge in [-0.3, -0.25) is 9.69 Å². The monoisotopic (exact) mass is 278 g/mol. The second-order valence-corrected chi connectivity index (χ2v) is 5.58. The lowest BCUT2D eigenvalue weighted by molar-refractivity contribution is -0.117. The maximum atomic E-state index is 12.0. The second kappa shape index (κ2) is 7.41. The Morgan fingerprint density at radius 1 is 1.30 bits per heavy atom. The fourth-order valence-electron chi connectivity index (χ4n) is 2.35. The topological polar surface area (TPSA) is 52.6 Å². The van der Waals surface area contributed by atoms with Gasteiger partial charge < -0.3 is 10.4 Å². The Bertz CT molecular complexity index is 449. The van der Waals surface area contributed by atoms with Crippen LogP contribution in [0.5, 0.6) is 0 Å². The van der Waals surface area contributed by atoms with Crippen molar-refractivity contribution in [1.29, 1.82) is 0 Å². The van der Waals surface area contributed by atoms with E-state index in [0.717, 1.165) is 16.8 Å². The molecule has 1 rings (SSSR count). The van der Waals surface area contributed by atoms with Crippen molar-refractivity contribution in [3.63, 3.8) is 0 Å². The molecule has 1 amide bonds. The third-order valence-electron chi connectivity index (χ3n) is 3.35. The molecule has 1 atom stereocenters. The highest BCUT2D eigenvalue weighted by atomic mass is 16.3. The summed E-state index contributed by atoms with van der Waals surface area (Å²) >= 11 is 0. The van der Waals surface area contributed by atoms with Crippen LogP contribution < -0.4 is 5.32 Å². The number of aliphatic hydroxyl groups excluding tert-OH is 1. The molecular formula is C16H26N2O2. The summed E-state index contributed by atoms with van der Waals surface area (Å²) in [6.45, 7) is 8.77. The van der Waals surface area contributed by atoms with Gasteiger partial charge in [-0.25, -0.2) is 0 Å². The minimum absolute atomic E-state index is 0.0501. The number of aliphatic hydroxyl groups is 1. The SMILES string of the molecule is CC[C@@H](O)CN(C)CC(=O)Nc1c(C)cc(C)cc1C. The van der Waals surface area contributed by atoms with E-state index in [1.165, 1.54) is 5.56 Å². The van der Waals surface area contributed by atoms with Gasteiger partial charge >= 0.3 is 0 Å². The summed E-state index contributed by atoms with van der Waals surface area (Å²) in [5.41, 5.74) is 4.24. The Balaban J connectivity index is 2.63. The average molecular weight is 278 g/mol. The van der Waals surface area contributed by atoms with Crippen molar-refractivity contribution < 1.29 is 9.90 Å². The molecule has 112 valence electrons. The van der Waals surface area contributed by atoms with Crippen LogP contribution in [0.25, 0.3) is 0 Å². The van der Waals surface area contributed by atoms with Gasteiger partial charge in [0.05, 0.1) is 12.6 Å². The first kappa shape index (κ1) is 16.7. The van der Waals surface area contributed by atoms with Gasteiger partial charge in [0.15, 0.2) is 0 Å². The lowest BCUT2D eigenvalue weighted by Crippen LogP contribution is -2.35. The number of nitrogens with zero attached hydrogens (tertiary/aromatic N) is 1. The molecule has 0 aliphatic heterocycles. The quantitative estimate of drug-likeness (QED) is 0.839. The Morgan fingerprint density at radius 2 is 1.85 bits per heavy atom. The Morgan fingerprint density at radius 3 is 2.35 bits per heavy atom. The van der Waals surface area contributed by atoms with E-state index in [9.17, 15) is 9.90 Å². The highest BCUT2D eigenvalue weighted by molar-refractivity contribution is 5.93. The molecule has 1 aromatic rings. The summed E-state index contributed by atoms with van der Waals surface area (Å²) < 4.78 is 0. The zero-order chi connectivity index (χ0) is 15.3. The predicted octanol–water partition coefficient (Wildman–Crippen LogP) is 2.25. The maximum absolute atomic E-state index is 12.0. The number of rotatable bonds is 6. The molecule has 0 aliphatic rings. The minimum atomic E-state index is -0.379. The van der Waals surface area contributed by atoms with Crippen molar-refractivity contribution in [2.24, 2.45) is 0 Å². The molecule has 0 saturated heterocycles. The van der Waals surface area contributed by atoms with E-state index in [1.807, 2.05) is 39.6 Å². The van der Waals surface area contributed by atoms with E-state index < -0.39 is 0 Å². The Hall–Kier alpha value is -1.39. The molecule has 0 aliphatic carbocycles. The number of hydrogen-bond donors (Lipinski definition) is 2. The van der Waals surface area contributed by atoms with E-state index in [2.05, 4.69) is 17.4 Å². The van der Waals surface area contributed by atoms with Crippen LogP contribution in [0.4, 0.5) is 5.69 Å². The van der Waals surface area contributed by atoms with Crippen molar-refractivity contribution in [2.75, 3.05) is 25.5 Å². The Labute approximate surface area is 121 Å². The first-order valence-electron chi connectivity index (χ1n) is 7.07. The van der Waals surface area contributed by atoms with E-state index in [1.54, 1.807) is 0 Å². The summed E-state index contributed by atoms with van der Waals surface area (Å²) in [7, 11) is 1.84. The summed E-state index contributed by atoms with van der Waals surface area (Å²) in [6.07, 6.45) is 0.318. The van der Waals surface area contributed by atoms with Gasteiger partial charge in [-0.2, -0.15) is 0 Å². The van der Waals surface area contributed by atoms with Crippen LogP contribution in [-0.4, -0.2) is 42.2 Å². The largest absolute Gasteiger partial charge is 0.392 e. The summed E-state index contributed by atoms with van der Waals surface area (Å²) in [4.78, 5) is 13.9. The molecule has 4 nitrogen and oxygen atoms in total. The number of carbonyl (C=O) groups is 1. The summed E-state index contributed by atoms with van der Waals surface area (Å²) in [6, 6.07) is 4.13.